The van der Waals surface area contributed by atoms with Crippen LogP contribution in [0, 0.1) is 11.6 Å². The van der Waals surface area contributed by atoms with Crippen LogP contribution in [-0.2, 0) is 4.79 Å². The third-order valence-electron chi connectivity index (χ3n) is 1.57. The maximum absolute atomic E-state index is 13.0. The van der Waals surface area contributed by atoms with E-state index in [1.807, 2.05) is 0 Å². The molecule has 1 aromatic carbocycles. The van der Waals surface area contributed by atoms with Gasteiger partial charge < -0.3 is 9.90 Å². The summed E-state index contributed by atoms with van der Waals surface area (Å²) in [6.45, 7) is -0.466. The molecule has 0 radical (unpaired) electrons. The molecule has 0 fully saturated rings. The van der Waals surface area contributed by atoms with Gasteiger partial charge in [0.15, 0.2) is 5.82 Å². The summed E-state index contributed by atoms with van der Waals surface area (Å²) >= 11 is 0. The topological polar surface area (TPSA) is 68.1 Å². The van der Waals surface area contributed by atoms with Crippen LogP contribution >= 0.6 is 0 Å². The molecule has 0 saturated heterocycles. The van der Waals surface area contributed by atoms with E-state index in [4.69, 9.17) is 0 Å². The first-order valence-electron chi connectivity index (χ1n) is 4.26. The Labute approximate surface area is 118 Å². The number of aliphatic carboxylic acids is 1. The van der Waals surface area contributed by atoms with Gasteiger partial charge >= 0.3 is 29.6 Å². The van der Waals surface area contributed by atoms with Crippen LogP contribution in [0.25, 0.3) is 0 Å². The second-order valence-corrected chi connectivity index (χ2v) is 2.97. The van der Waals surface area contributed by atoms with Crippen LogP contribution in [0.15, 0.2) is 28.5 Å². The summed E-state index contributed by atoms with van der Waals surface area (Å²) in [6, 6.07) is 2.78. The molecule has 0 bridgehead atoms. The van der Waals surface area contributed by atoms with E-state index >= 15 is 0 Å². The van der Waals surface area contributed by atoms with E-state index in [2.05, 4.69) is 10.3 Å². The van der Waals surface area contributed by atoms with E-state index in [1.54, 1.807) is 0 Å². The third-order valence-corrected chi connectivity index (χ3v) is 1.57. The molecule has 0 aliphatic rings. The van der Waals surface area contributed by atoms with E-state index in [0.717, 1.165) is 17.1 Å². The number of hydrogen-bond donors (Lipinski definition) is 0. The zero-order valence-corrected chi connectivity index (χ0v) is 11.4. The van der Waals surface area contributed by atoms with Gasteiger partial charge in [0.1, 0.15) is 11.5 Å². The fourth-order valence-corrected chi connectivity index (χ4v) is 0.905. The van der Waals surface area contributed by atoms with Crippen LogP contribution < -0.4 is 34.7 Å². The normalized spacial score (nSPS) is 10.1. The van der Waals surface area contributed by atoms with Gasteiger partial charge in [-0.25, -0.2) is 8.78 Å². The number of hydrogen-bond acceptors (Lipinski definition) is 4. The van der Waals surface area contributed by atoms with E-state index in [9.17, 15) is 18.7 Å². The number of carbonyl (C=O) groups excluding carboxylic acids is 1. The summed E-state index contributed by atoms with van der Waals surface area (Å²) in [5, 5.41) is 17.9. The Kier molecular flexibility index (Phi) is 6.86. The number of likely N-dealkylation sites (N-methyl/N-ethyl adjacent to an activating group) is 1. The van der Waals surface area contributed by atoms with Crippen molar-refractivity contribution in [2.75, 3.05) is 13.6 Å². The maximum Gasteiger partial charge on any atom is 1.00 e. The van der Waals surface area contributed by atoms with Crippen LogP contribution in [0.3, 0.4) is 0 Å². The Hall–Kier alpha value is -1.05. The van der Waals surface area contributed by atoms with Crippen molar-refractivity contribution in [1.29, 1.82) is 0 Å². The van der Waals surface area contributed by atoms with Crippen molar-refractivity contribution in [2.24, 2.45) is 10.3 Å². The summed E-state index contributed by atoms with van der Waals surface area (Å²) in [5.41, 5.74) is -0.174. The van der Waals surface area contributed by atoms with Crippen molar-refractivity contribution in [2.45, 2.75) is 0 Å². The Morgan fingerprint density at radius 1 is 1.47 bits per heavy atom. The summed E-state index contributed by atoms with van der Waals surface area (Å²) in [6.07, 6.45) is 0. The van der Waals surface area contributed by atoms with Gasteiger partial charge in [0.05, 0.1) is 12.5 Å². The molecule has 0 aromatic heterocycles. The van der Waals surface area contributed by atoms with Crippen molar-refractivity contribution < 1.29 is 48.2 Å². The standard InChI is InChI=1S/C9H9F2N3O2.Na/c1-14(5-9(15)16)13-12-8-3-2-6(10)4-7(8)11;/h2-4H,5H2,1H3,(H,15,16);/q;+1/p-1. The number of rotatable bonds is 4. The Balaban J connectivity index is 0.00000256. The number of carbonyl (C=O) groups is 1. The molecule has 0 amide bonds. The Morgan fingerprint density at radius 3 is 2.65 bits per heavy atom. The van der Waals surface area contributed by atoms with Crippen molar-refractivity contribution in [3.05, 3.63) is 29.8 Å². The molecular weight excluding hydrogens is 243 g/mol. The van der Waals surface area contributed by atoms with Crippen molar-refractivity contribution in [3.63, 3.8) is 0 Å². The fourth-order valence-electron chi connectivity index (χ4n) is 0.905. The molecule has 0 unspecified atom stereocenters. The second kappa shape index (κ2) is 7.31. The van der Waals surface area contributed by atoms with Crippen LogP contribution in [0.4, 0.5) is 14.5 Å². The molecule has 0 saturated carbocycles. The molecular formula is C9H8F2N3NaO2. The molecule has 0 aliphatic carbocycles. The molecule has 1 rings (SSSR count). The molecule has 0 spiro atoms. The average molecular weight is 251 g/mol. The van der Waals surface area contributed by atoms with Gasteiger partial charge in [0.25, 0.3) is 0 Å². The second-order valence-electron chi connectivity index (χ2n) is 2.97. The van der Waals surface area contributed by atoms with Crippen LogP contribution in [-0.4, -0.2) is 24.6 Å². The number of carboxylic acids is 1. The minimum absolute atomic E-state index is 0. The van der Waals surface area contributed by atoms with Gasteiger partial charge in [0, 0.05) is 13.1 Å². The first-order valence-corrected chi connectivity index (χ1v) is 4.26. The molecule has 0 atom stereocenters. The van der Waals surface area contributed by atoms with Gasteiger partial charge in [-0.2, -0.15) is 0 Å². The summed E-state index contributed by atoms with van der Waals surface area (Å²) in [7, 11) is 1.33. The van der Waals surface area contributed by atoms with Gasteiger partial charge in [0.2, 0.25) is 0 Å². The van der Waals surface area contributed by atoms with E-state index in [1.165, 1.54) is 7.05 Å². The molecule has 8 heteroatoms. The molecule has 0 heterocycles. The van der Waals surface area contributed by atoms with Crippen molar-refractivity contribution >= 4 is 11.7 Å². The van der Waals surface area contributed by atoms with E-state index in [-0.39, 0.29) is 35.2 Å². The number of halogens is 2. The first-order chi connectivity index (χ1) is 7.49. The minimum atomic E-state index is -1.33. The number of carboxylic acid groups (broad SMARTS) is 1. The molecule has 0 aliphatic heterocycles. The fraction of sp³-hybridized carbons (Fsp3) is 0.222. The van der Waals surface area contributed by atoms with Crippen molar-refractivity contribution in [3.8, 4) is 0 Å². The molecule has 17 heavy (non-hydrogen) atoms. The maximum atomic E-state index is 13.0. The van der Waals surface area contributed by atoms with Crippen LogP contribution in [0.5, 0.6) is 0 Å². The zero-order valence-electron chi connectivity index (χ0n) is 9.35. The van der Waals surface area contributed by atoms with E-state index < -0.39 is 24.1 Å². The van der Waals surface area contributed by atoms with Gasteiger partial charge in [-0.1, -0.05) is 5.22 Å². The summed E-state index contributed by atoms with van der Waals surface area (Å²) in [5.74, 6) is -2.92. The minimum Gasteiger partial charge on any atom is -0.548 e. The van der Waals surface area contributed by atoms with Crippen LogP contribution in [0.1, 0.15) is 0 Å². The third kappa shape index (κ3) is 5.71. The average Bonchev–Trinajstić information content (AvgIpc) is 2.15. The monoisotopic (exact) mass is 251 g/mol. The van der Waals surface area contributed by atoms with Crippen molar-refractivity contribution in [1.82, 2.24) is 5.01 Å². The predicted molar refractivity (Wildman–Crippen MR) is 48.5 cm³/mol. The quantitative estimate of drug-likeness (QED) is 0.342. The molecule has 1 aromatic rings. The van der Waals surface area contributed by atoms with Gasteiger partial charge in [-0.05, 0) is 12.1 Å². The summed E-state index contributed by atoms with van der Waals surface area (Å²) < 4.78 is 25.5. The molecule has 86 valence electrons. The predicted octanol–water partition coefficient (Wildman–Crippen LogP) is -2.35. The molecule has 5 nitrogen and oxygen atoms in total. The smallest absolute Gasteiger partial charge is 0.548 e. The summed E-state index contributed by atoms with van der Waals surface area (Å²) in [4.78, 5) is 10.2. The van der Waals surface area contributed by atoms with E-state index in [0.29, 0.717) is 6.07 Å². The SMILES string of the molecule is CN(CC(=O)[O-])N=Nc1ccc(F)cc1F.[Na+]. The van der Waals surface area contributed by atoms with Crippen LogP contribution in [0.2, 0.25) is 0 Å². The Morgan fingerprint density at radius 2 is 2.12 bits per heavy atom. The zero-order chi connectivity index (χ0) is 12.1. The molecule has 0 N–H and O–H groups in total. The Bertz CT molecular complexity index is 429. The first kappa shape index (κ1) is 16.0. The largest absolute Gasteiger partial charge is 1.00 e. The number of nitrogens with zero attached hydrogens (tertiary/aromatic N) is 3. The van der Waals surface area contributed by atoms with Gasteiger partial charge in [-0.15, -0.1) is 5.11 Å². The number of benzene rings is 1. The van der Waals surface area contributed by atoms with Gasteiger partial charge in [-0.3, -0.25) is 5.01 Å².